The maximum Gasteiger partial charge on any atom is 0.204 e. The van der Waals surface area contributed by atoms with Crippen molar-refractivity contribution in [3.8, 4) is 5.75 Å². The van der Waals surface area contributed by atoms with Gasteiger partial charge < -0.3 is 15.4 Å². The number of ether oxygens (including phenoxy) is 1. The van der Waals surface area contributed by atoms with Gasteiger partial charge in [-0.15, -0.1) is 0 Å². The van der Waals surface area contributed by atoms with Crippen molar-refractivity contribution in [2.75, 3.05) is 30.8 Å². The lowest BCUT2D eigenvalue weighted by Crippen LogP contribution is -2.10. The maximum atomic E-state index is 5.37. The first-order chi connectivity index (χ1) is 9.85. The number of hydrogen-bond donors (Lipinski definition) is 2. The van der Waals surface area contributed by atoms with Crippen LogP contribution < -0.4 is 15.4 Å². The van der Waals surface area contributed by atoms with Gasteiger partial charge in [-0.1, -0.05) is 0 Å². The normalized spacial score (nSPS) is 10.1. The van der Waals surface area contributed by atoms with Crippen LogP contribution in [0.1, 0.15) is 12.5 Å². The molecule has 0 fully saturated rings. The quantitative estimate of drug-likeness (QED) is 0.803. The molecule has 0 radical (unpaired) electrons. The second-order valence-electron chi connectivity index (χ2n) is 4.17. The predicted molar refractivity (Wildman–Crippen MR) is 79.2 cm³/mol. The van der Waals surface area contributed by atoms with E-state index >= 15 is 0 Å². The highest BCUT2D eigenvalue weighted by atomic mass is 16.5. The highest BCUT2D eigenvalue weighted by Crippen LogP contribution is 2.28. The molecule has 6 nitrogen and oxygen atoms in total. The molecule has 0 saturated carbocycles. The lowest BCUT2D eigenvalue weighted by atomic mass is 10.2. The van der Waals surface area contributed by atoms with E-state index < -0.39 is 0 Å². The predicted octanol–water partition coefficient (Wildman–Crippen LogP) is 1.97. The average Bonchev–Trinajstić information content (AvgIpc) is 2.49. The minimum atomic E-state index is 0.643. The summed E-state index contributed by atoms with van der Waals surface area (Å²) >= 11 is 0. The van der Waals surface area contributed by atoms with Crippen molar-refractivity contribution < 1.29 is 4.74 Å². The number of rotatable bonds is 7. The molecule has 0 aliphatic heterocycles. The van der Waals surface area contributed by atoms with Crippen molar-refractivity contribution in [2.45, 2.75) is 13.3 Å². The monoisotopic (exact) mass is 273 g/mol. The molecular weight excluding hydrogens is 254 g/mol. The molecule has 0 amide bonds. The molecular formula is C14H19N5O. The first-order valence-corrected chi connectivity index (χ1v) is 6.60. The van der Waals surface area contributed by atoms with Gasteiger partial charge in [0.15, 0.2) is 11.6 Å². The molecule has 0 spiro atoms. The van der Waals surface area contributed by atoms with Gasteiger partial charge in [0.2, 0.25) is 5.75 Å². The van der Waals surface area contributed by atoms with Crippen molar-refractivity contribution >= 4 is 11.6 Å². The van der Waals surface area contributed by atoms with Crippen LogP contribution in [0.2, 0.25) is 0 Å². The zero-order chi connectivity index (χ0) is 14.2. The second kappa shape index (κ2) is 7.28. The first kappa shape index (κ1) is 14.0. The molecule has 20 heavy (non-hydrogen) atoms. The number of aromatic nitrogens is 3. The highest BCUT2D eigenvalue weighted by molar-refractivity contribution is 5.63. The van der Waals surface area contributed by atoms with Crippen LogP contribution in [0.25, 0.3) is 0 Å². The molecule has 0 aromatic carbocycles. The van der Waals surface area contributed by atoms with Crippen LogP contribution in [0.5, 0.6) is 5.75 Å². The van der Waals surface area contributed by atoms with Crippen molar-refractivity contribution in [2.24, 2.45) is 0 Å². The van der Waals surface area contributed by atoms with Crippen molar-refractivity contribution in [1.82, 2.24) is 15.0 Å². The Kier molecular flexibility index (Phi) is 5.11. The number of nitrogens with zero attached hydrogens (tertiary/aromatic N) is 3. The highest BCUT2D eigenvalue weighted by Gasteiger charge is 2.10. The van der Waals surface area contributed by atoms with Gasteiger partial charge in [-0.25, -0.2) is 9.97 Å². The van der Waals surface area contributed by atoms with Crippen LogP contribution in [0, 0.1) is 0 Å². The van der Waals surface area contributed by atoms with Gasteiger partial charge in [-0.05, 0) is 31.0 Å². The van der Waals surface area contributed by atoms with E-state index in [1.165, 1.54) is 11.9 Å². The summed E-state index contributed by atoms with van der Waals surface area (Å²) in [6.07, 6.45) is 6.01. The Bertz CT molecular complexity index is 532. The molecule has 0 aliphatic carbocycles. The molecule has 2 aromatic rings. The topological polar surface area (TPSA) is 72.0 Å². The van der Waals surface area contributed by atoms with Crippen LogP contribution in [0.4, 0.5) is 11.6 Å². The van der Waals surface area contributed by atoms with E-state index in [1.807, 2.05) is 19.1 Å². The van der Waals surface area contributed by atoms with Crippen LogP contribution in [0.15, 0.2) is 30.9 Å². The molecule has 0 bridgehead atoms. The van der Waals surface area contributed by atoms with Gasteiger partial charge in [0, 0.05) is 25.5 Å². The third-order valence-electron chi connectivity index (χ3n) is 2.81. The third kappa shape index (κ3) is 3.57. The molecule has 106 valence electrons. The molecule has 0 atom stereocenters. The van der Waals surface area contributed by atoms with Gasteiger partial charge in [0.05, 0.1) is 7.11 Å². The van der Waals surface area contributed by atoms with E-state index in [2.05, 4.69) is 25.6 Å². The smallest absolute Gasteiger partial charge is 0.204 e. The van der Waals surface area contributed by atoms with E-state index in [4.69, 9.17) is 4.74 Å². The van der Waals surface area contributed by atoms with E-state index in [-0.39, 0.29) is 0 Å². The lowest BCUT2D eigenvalue weighted by Gasteiger charge is -2.13. The minimum absolute atomic E-state index is 0.643. The van der Waals surface area contributed by atoms with E-state index in [1.54, 1.807) is 19.5 Å². The summed E-state index contributed by atoms with van der Waals surface area (Å²) in [6, 6.07) is 4.01. The summed E-state index contributed by atoms with van der Waals surface area (Å²) in [5.41, 5.74) is 1.23. The van der Waals surface area contributed by atoms with E-state index in [0.29, 0.717) is 17.4 Å². The summed E-state index contributed by atoms with van der Waals surface area (Å²) in [5, 5.41) is 6.43. The summed E-state index contributed by atoms with van der Waals surface area (Å²) in [5.74, 6) is 2.05. The van der Waals surface area contributed by atoms with Crippen molar-refractivity contribution in [3.63, 3.8) is 0 Å². The summed E-state index contributed by atoms with van der Waals surface area (Å²) in [6.45, 7) is 3.56. The number of nitrogens with one attached hydrogen (secondary N) is 2. The van der Waals surface area contributed by atoms with Gasteiger partial charge >= 0.3 is 0 Å². The largest absolute Gasteiger partial charge is 0.490 e. The van der Waals surface area contributed by atoms with Crippen LogP contribution >= 0.6 is 0 Å². The molecule has 2 rings (SSSR count). The fourth-order valence-corrected chi connectivity index (χ4v) is 1.86. The summed E-state index contributed by atoms with van der Waals surface area (Å²) in [7, 11) is 1.62. The minimum Gasteiger partial charge on any atom is -0.490 e. The number of anilines is 2. The van der Waals surface area contributed by atoms with Gasteiger partial charge in [-0.2, -0.15) is 0 Å². The van der Waals surface area contributed by atoms with Crippen LogP contribution in [-0.4, -0.2) is 35.2 Å². The fraction of sp³-hybridized carbons (Fsp3) is 0.357. The molecule has 2 N–H and O–H groups in total. The summed E-state index contributed by atoms with van der Waals surface area (Å²) in [4.78, 5) is 12.4. The van der Waals surface area contributed by atoms with Crippen molar-refractivity contribution in [1.29, 1.82) is 0 Å². The Morgan fingerprint density at radius 3 is 2.45 bits per heavy atom. The standard InChI is InChI=1S/C14H19N5O/c1-3-16-13-12(20-2)14(19-10-18-13)17-9-6-11-4-7-15-8-5-11/h4-5,7-8,10H,3,6,9H2,1-2H3,(H2,16,17,18,19). The van der Waals surface area contributed by atoms with Crippen LogP contribution in [0.3, 0.4) is 0 Å². The fourth-order valence-electron chi connectivity index (χ4n) is 1.86. The Labute approximate surface area is 118 Å². The first-order valence-electron chi connectivity index (χ1n) is 6.60. The van der Waals surface area contributed by atoms with Gasteiger partial charge in [-0.3, -0.25) is 4.98 Å². The Morgan fingerprint density at radius 2 is 1.80 bits per heavy atom. The third-order valence-corrected chi connectivity index (χ3v) is 2.81. The van der Waals surface area contributed by atoms with Crippen molar-refractivity contribution in [3.05, 3.63) is 36.4 Å². The van der Waals surface area contributed by atoms with Gasteiger partial charge in [0.1, 0.15) is 6.33 Å². The SMILES string of the molecule is CCNc1ncnc(NCCc2ccncc2)c1OC. The Balaban J connectivity index is 2.00. The molecule has 6 heteroatoms. The molecule has 0 aliphatic rings. The lowest BCUT2D eigenvalue weighted by molar-refractivity contribution is 0.414. The Morgan fingerprint density at radius 1 is 1.10 bits per heavy atom. The van der Waals surface area contributed by atoms with Gasteiger partial charge in [0.25, 0.3) is 0 Å². The van der Waals surface area contributed by atoms with Crippen LogP contribution in [-0.2, 0) is 6.42 Å². The molecule has 2 heterocycles. The van der Waals surface area contributed by atoms with E-state index in [0.717, 1.165) is 19.5 Å². The Hall–Kier alpha value is -2.37. The average molecular weight is 273 g/mol. The second-order valence-corrected chi connectivity index (χ2v) is 4.17. The molecule has 0 saturated heterocycles. The molecule has 2 aromatic heterocycles. The molecule has 0 unspecified atom stereocenters. The number of pyridine rings is 1. The number of methoxy groups -OCH3 is 1. The zero-order valence-electron chi connectivity index (χ0n) is 11.8. The number of hydrogen-bond acceptors (Lipinski definition) is 6. The van der Waals surface area contributed by atoms with E-state index in [9.17, 15) is 0 Å². The zero-order valence-corrected chi connectivity index (χ0v) is 11.8. The maximum absolute atomic E-state index is 5.37. The summed E-state index contributed by atoms with van der Waals surface area (Å²) < 4.78 is 5.37.